The normalized spacial score (nSPS) is 26.4. The highest BCUT2D eigenvalue weighted by Gasteiger charge is 2.45. The molecule has 158 valence electrons. The smallest absolute Gasteiger partial charge is 0.376 e. The molecule has 2 aromatic rings. The Morgan fingerprint density at radius 2 is 1.90 bits per heavy atom. The van der Waals surface area contributed by atoms with Gasteiger partial charge in [0.15, 0.2) is 5.82 Å². The lowest BCUT2D eigenvalue weighted by molar-refractivity contribution is 0.196. The summed E-state index contributed by atoms with van der Waals surface area (Å²) >= 11 is 8.04. The molecule has 30 heavy (non-hydrogen) atoms. The van der Waals surface area contributed by atoms with Crippen molar-refractivity contribution in [3.63, 3.8) is 0 Å². The van der Waals surface area contributed by atoms with E-state index in [1.807, 2.05) is 36.8 Å². The first-order chi connectivity index (χ1) is 14.5. The third-order valence-corrected chi connectivity index (χ3v) is 8.25. The molecule has 3 aliphatic heterocycles. The highest BCUT2D eigenvalue weighted by atomic mass is 35.5. The molecule has 1 aromatic carbocycles. The minimum absolute atomic E-state index is 0.347. The maximum atomic E-state index is 10.2. The van der Waals surface area contributed by atoms with Crippen LogP contribution in [-0.4, -0.2) is 57.5 Å². The van der Waals surface area contributed by atoms with Crippen molar-refractivity contribution in [1.82, 2.24) is 15.0 Å². The quantitative estimate of drug-likeness (QED) is 0.706. The number of thioether (sulfide) groups is 1. The number of hydrogen-bond acceptors (Lipinski definition) is 6. The third kappa shape index (κ3) is 3.74. The van der Waals surface area contributed by atoms with E-state index in [9.17, 15) is 5.02 Å². The second-order valence-electron chi connectivity index (χ2n) is 8.86. The van der Waals surface area contributed by atoms with Crippen molar-refractivity contribution in [1.29, 1.82) is 0 Å². The minimum atomic E-state index is -0.347. The Morgan fingerprint density at radius 3 is 2.60 bits per heavy atom. The van der Waals surface area contributed by atoms with Crippen molar-refractivity contribution in [2.75, 3.05) is 17.2 Å². The highest BCUT2D eigenvalue weighted by molar-refractivity contribution is 7.99. The third-order valence-electron chi connectivity index (χ3n) is 6.91. The lowest BCUT2D eigenvalue weighted by Crippen LogP contribution is -2.55. The van der Waals surface area contributed by atoms with Crippen molar-refractivity contribution >= 4 is 36.2 Å². The summed E-state index contributed by atoms with van der Waals surface area (Å²) in [5, 5.41) is 20.4. The first-order valence-corrected chi connectivity index (χ1v) is 12.4. The molecule has 0 amide bonds. The number of aromatic nitrogens is 2. The Bertz CT molecular complexity index is 931. The summed E-state index contributed by atoms with van der Waals surface area (Å²) in [4.78, 5) is 6.09. The number of aryl methyl sites for hydroxylation is 1. The van der Waals surface area contributed by atoms with Crippen LogP contribution in [0.4, 0.5) is 5.82 Å². The zero-order valence-electron chi connectivity index (χ0n) is 17.6. The molecule has 1 N–H and O–H groups in total. The van der Waals surface area contributed by atoms with Gasteiger partial charge in [0.1, 0.15) is 0 Å². The Morgan fingerprint density at radius 1 is 1.13 bits per heavy atom. The molecule has 3 atom stereocenters. The second kappa shape index (κ2) is 8.34. The van der Waals surface area contributed by atoms with E-state index in [0.29, 0.717) is 18.1 Å². The van der Waals surface area contributed by atoms with Gasteiger partial charge in [0.25, 0.3) is 0 Å². The van der Waals surface area contributed by atoms with Gasteiger partial charge in [-0.2, -0.15) is 0 Å². The molecule has 2 saturated heterocycles. The lowest BCUT2D eigenvalue weighted by Gasteiger charge is -2.44. The number of rotatable bonds is 3. The average molecular weight is 443 g/mol. The summed E-state index contributed by atoms with van der Waals surface area (Å²) < 4.78 is 0. The summed E-state index contributed by atoms with van der Waals surface area (Å²) in [6.45, 7) is 5.02. The maximum Gasteiger partial charge on any atom is 0.376 e. The predicted octanol–water partition coefficient (Wildman–Crippen LogP) is 4.51. The van der Waals surface area contributed by atoms with Crippen LogP contribution in [-0.2, 0) is 0 Å². The van der Waals surface area contributed by atoms with Crippen molar-refractivity contribution in [2.45, 2.75) is 68.9 Å². The fourth-order valence-electron chi connectivity index (χ4n) is 5.65. The largest absolute Gasteiger partial charge is 0.437 e. The SMILES string of the molecule is CB(O)N1[C@@H]2CC[C@H]1CC(N1CCCSc3cc(-c4ccc(Cl)cc4C)nnc31)C2. The van der Waals surface area contributed by atoms with Gasteiger partial charge >= 0.3 is 7.05 Å². The van der Waals surface area contributed by atoms with Gasteiger partial charge in [-0.1, -0.05) is 17.7 Å². The van der Waals surface area contributed by atoms with E-state index in [1.165, 1.54) is 17.7 Å². The molecule has 8 heteroatoms. The number of piperidine rings is 1. The van der Waals surface area contributed by atoms with Crippen LogP contribution in [0.15, 0.2) is 29.2 Å². The van der Waals surface area contributed by atoms with Gasteiger partial charge in [-0.25, -0.2) is 0 Å². The van der Waals surface area contributed by atoms with Gasteiger partial charge < -0.3 is 14.7 Å². The first kappa shape index (κ1) is 20.6. The van der Waals surface area contributed by atoms with Gasteiger partial charge in [0, 0.05) is 35.3 Å². The van der Waals surface area contributed by atoms with Gasteiger partial charge in [-0.15, -0.1) is 22.0 Å². The van der Waals surface area contributed by atoms with Gasteiger partial charge in [0.05, 0.1) is 10.6 Å². The Hall–Kier alpha value is -1.28. The second-order valence-corrected chi connectivity index (χ2v) is 10.4. The summed E-state index contributed by atoms with van der Waals surface area (Å²) in [5.74, 6) is 2.15. The van der Waals surface area contributed by atoms with E-state index in [-0.39, 0.29) is 7.05 Å². The molecule has 2 bridgehead atoms. The lowest BCUT2D eigenvalue weighted by atomic mass is 9.78. The van der Waals surface area contributed by atoms with E-state index < -0.39 is 0 Å². The maximum absolute atomic E-state index is 10.2. The van der Waals surface area contributed by atoms with E-state index in [0.717, 1.165) is 59.2 Å². The number of halogens is 1. The van der Waals surface area contributed by atoms with E-state index in [1.54, 1.807) is 0 Å². The first-order valence-electron chi connectivity index (χ1n) is 11.0. The number of anilines is 1. The number of nitrogens with zero attached hydrogens (tertiary/aromatic N) is 4. The van der Waals surface area contributed by atoms with Crippen LogP contribution >= 0.6 is 23.4 Å². The highest BCUT2D eigenvalue weighted by Crippen LogP contribution is 2.42. The van der Waals surface area contributed by atoms with Gasteiger partial charge in [0.2, 0.25) is 0 Å². The molecule has 1 unspecified atom stereocenters. The zero-order chi connectivity index (χ0) is 20.8. The summed E-state index contributed by atoms with van der Waals surface area (Å²) in [6.07, 6.45) is 5.75. The Kier molecular flexibility index (Phi) is 5.73. The van der Waals surface area contributed by atoms with Crippen LogP contribution in [0.1, 0.15) is 37.7 Å². The molecule has 0 radical (unpaired) electrons. The van der Waals surface area contributed by atoms with Crippen molar-refractivity contribution < 1.29 is 5.02 Å². The predicted molar refractivity (Wildman–Crippen MR) is 125 cm³/mol. The van der Waals surface area contributed by atoms with Crippen LogP contribution in [0.3, 0.4) is 0 Å². The van der Waals surface area contributed by atoms with E-state index >= 15 is 0 Å². The number of fused-ring (bicyclic) bond motifs is 3. The van der Waals surface area contributed by atoms with Gasteiger partial charge in [-0.3, -0.25) is 0 Å². The molecule has 2 fully saturated rings. The Balaban J connectivity index is 1.44. The fourth-order valence-corrected chi connectivity index (χ4v) is 6.85. The van der Waals surface area contributed by atoms with Gasteiger partial charge in [-0.05, 0) is 75.4 Å². The van der Waals surface area contributed by atoms with Crippen molar-refractivity contribution in [3.8, 4) is 11.3 Å². The zero-order valence-corrected chi connectivity index (χ0v) is 19.2. The molecule has 3 aliphatic rings. The molecule has 0 saturated carbocycles. The molecule has 0 spiro atoms. The van der Waals surface area contributed by atoms with Crippen LogP contribution in [0.2, 0.25) is 11.8 Å². The summed E-state index contributed by atoms with van der Waals surface area (Å²) in [5.41, 5.74) is 3.13. The topological polar surface area (TPSA) is 52.5 Å². The van der Waals surface area contributed by atoms with Crippen LogP contribution in [0.5, 0.6) is 0 Å². The monoisotopic (exact) mass is 442 g/mol. The number of benzene rings is 1. The van der Waals surface area contributed by atoms with Crippen LogP contribution < -0.4 is 4.90 Å². The molecular weight excluding hydrogens is 415 g/mol. The molecule has 4 heterocycles. The molecular formula is C22H28BClN4OS. The van der Waals surface area contributed by atoms with Crippen molar-refractivity contribution in [3.05, 3.63) is 34.9 Å². The molecule has 5 rings (SSSR count). The standard InChI is InChI=1S/C22H28BClN4OS/c1-14-10-15(24)4-7-19(14)20-13-21-22(26-25-20)27(8-3-9-30-21)18-11-16-5-6-17(12-18)28(16)23(2)29/h4,7,10,13,16-18,29H,3,5-6,8-9,11-12H2,1-2H3/t16-,17+,18?. The fraction of sp³-hybridized carbons (Fsp3) is 0.545. The summed E-state index contributed by atoms with van der Waals surface area (Å²) in [7, 11) is -0.347. The minimum Gasteiger partial charge on any atom is -0.437 e. The van der Waals surface area contributed by atoms with Crippen LogP contribution in [0.25, 0.3) is 11.3 Å². The molecule has 5 nitrogen and oxygen atoms in total. The van der Waals surface area contributed by atoms with E-state index in [2.05, 4.69) is 27.8 Å². The Labute approximate surface area is 188 Å². The molecule has 1 aromatic heterocycles. The van der Waals surface area contributed by atoms with Crippen LogP contribution in [0, 0.1) is 6.92 Å². The molecule has 0 aliphatic carbocycles. The summed E-state index contributed by atoms with van der Waals surface area (Å²) in [6, 6.07) is 9.59. The number of hydrogen-bond donors (Lipinski definition) is 1. The van der Waals surface area contributed by atoms with Crippen molar-refractivity contribution in [2.24, 2.45) is 0 Å². The average Bonchev–Trinajstić information content (AvgIpc) is 2.88. The van der Waals surface area contributed by atoms with E-state index in [4.69, 9.17) is 16.7 Å².